The molecule has 0 bridgehead atoms. The molecule has 0 rings (SSSR count). The largest absolute Gasteiger partial charge is 0.379 e. The summed E-state index contributed by atoms with van der Waals surface area (Å²) in [4.78, 5) is 0.903. The molecule has 0 saturated heterocycles. The Hall–Kier alpha value is -0.630. The van der Waals surface area contributed by atoms with Crippen LogP contribution in [0.15, 0.2) is 35.3 Å². The third-order valence-electron chi connectivity index (χ3n) is 5.00. The molecule has 0 N–H and O–H groups in total. The minimum atomic E-state index is 0.00118. The van der Waals surface area contributed by atoms with Crippen LogP contribution >= 0.6 is 12.0 Å². The van der Waals surface area contributed by atoms with Crippen LogP contribution in [0.5, 0.6) is 0 Å². The van der Waals surface area contributed by atoms with E-state index < -0.39 is 0 Å². The van der Waals surface area contributed by atoms with E-state index in [2.05, 4.69) is 53.3 Å². The summed E-state index contributed by atoms with van der Waals surface area (Å²) in [6.45, 7) is 19.7. The standard InChI is InChI=1S/C26H48O5S/c1-7-24(3)14-10-11-15-25(4)32-31-23-22-29-21-20-28-19-18-27-16-12-9-13-17-30-26(5,6)8-2/h7,11,15H,4,8-10,12-14,16-23H2,1-3,5-6H3/b15-11+,24-7-. The lowest BCUT2D eigenvalue weighted by Crippen LogP contribution is -2.23. The minimum Gasteiger partial charge on any atom is -0.379 e. The maximum atomic E-state index is 5.84. The smallest absolute Gasteiger partial charge is 0.0852 e. The molecule has 6 heteroatoms. The molecule has 32 heavy (non-hydrogen) atoms. The third kappa shape index (κ3) is 22.6. The van der Waals surface area contributed by atoms with Crippen LogP contribution in [0.1, 0.15) is 73.1 Å². The average molecular weight is 473 g/mol. The van der Waals surface area contributed by atoms with Gasteiger partial charge in [0.1, 0.15) is 0 Å². The van der Waals surface area contributed by atoms with Gasteiger partial charge in [0, 0.05) is 30.2 Å². The first kappa shape index (κ1) is 31.4. The first-order chi connectivity index (χ1) is 15.4. The Morgan fingerprint density at radius 1 is 0.875 bits per heavy atom. The molecule has 188 valence electrons. The van der Waals surface area contributed by atoms with Crippen LogP contribution in [0, 0.1) is 0 Å². The number of rotatable bonds is 23. The quantitative estimate of drug-likeness (QED) is 0.0698. The Kier molecular flexibility index (Phi) is 21.7. The average Bonchev–Trinajstić information content (AvgIpc) is 2.78. The first-order valence-corrected chi connectivity index (χ1v) is 12.8. The molecule has 0 heterocycles. The van der Waals surface area contributed by atoms with Crippen LogP contribution in [-0.2, 0) is 23.1 Å². The summed E-state index contributed by atoms with van der Waals surface area (Å²) in [7, 11) is 0. The van der Waals surface area contributed by atoms with Crippen molar-refractivity contribution in [2.75, 3.05) is 52.9 Å². The molecule has 0 aliphatic heterocycles. The van der Waals surface area contributed by atoms with E-state index in [0.29, 0.717) is 39.6 Å². The molecular formula is C26H48O5S. The van der Waals surface area contributed by atoms with E-state index in [0.717, 1.165) is 56.6 Å². The summed E-state index contributed by atoms with van der Waals surface area (Å²) in [6.07, 6.45) is 12.7. The first-order valence-electron chi connectivity index (χ1n) is 12.0. The predicted molar refractivity (Wildman–Crippen MR) is 137 cm³/mol. The summed E-state index contributed by atoms with van der Waals surface area (Å²) in [6, 6.07) is 0. The fraction of sp³-hybridized carbons (Fsp3) is 0.769. The summed E-state index contributed by atoms with van der Waals surface area (Å²) in [5, 5.41) is 0. The van der Waals surface area contributed by atoms with Crippen LogP contribution in [0.2, 0.25) is 0 Å². The minimum absolute atomic E-state index is 0.00118. The van der Waals surface area contributed by atoms with Crippen molar-refractivity contribution in [3.05, 3.63) is 35.3 Å². The molecule has 0 unspecified atom stereocenters. The maximum absolute atomic E-state index is 5.84. The molecule has 0 atom stereocenters. The van der Waals surface area contributed by atoms with Crippen molar-refractivity contribution in [3.63, 3.8) is 0 Å². The molecule has 0 amide bonds. The summed E-state index contributed by atoms with van der Waals surface area (Å²) in [5.74, 6) is 0. The van der Waals surface area contributed by atoms with Crippen molar-refractivity contribution >= 4 is 12.0 Å². The Morgan fingerprint density at radius 3 is 2.09 bits per heavy atom. The van der Waals surface area contributed by atoms with Crippen LogP contribution in [0.3, 0.4) is 0 Å². The number of allylic oxidation sites excluding steroid dienone is 4. The lowest BCUT2D eigenvalue weighted by molar-refractivity contribution is -0.0225. The predicted octanol–water partition coefficient (Wildman–Crippen LogP) is 6.89. The van der Waals surface area contributed by atoms with E-state index in [-0.39, 0.29) is 5.60 Å². The second-order valence-corrected chi connectivity index (χ2v) is 9.23. The highest BCUT2D eigenvalue weighted by Gasteiger charge is 2.14. The van der Waals surface area contributed by atoms with Gasteiger partial charge in [-0.1, -0.05) is 37.3 Å². The van der Waals surface area contributed by atoms with Crippen LogP contribution in [0.4, 0.5) is 0 Å². The molecule has 0 radical (unpaired) electrons. The lowest BCUT2D eigenvalue weighted by Gasteiger charge is -2.23. The van der Waals surface area contributed by atoms with Gasteiger partial charge in [-0.25, -0.2) is 0 Å². The Labute approximate surface area is 202 Å². The van der Waals surface area contributed by atoms with Gasteiger partial charge >= 0.3 is 0 Å². The number of hydrogen-bond donors (Lipinski definition) is 0. The number of unbranched alkanes of at least 4 members (excludes halogenated alkanes) is 2. The molecule has 5 nitrogen and oxygen atoms in total. The second-order valence-electron chi connectivity index (χ2n) is 8.31. The monoisotopic (exact) mass is 472 g/mol. The second kappa shape index (κ2) is 22.2. The molecule has 0 aromatic heterocycles. The van der Waals surface area contributed by atoms with Gasteiger partial charge < -0.3 is 23.1 Å². The van der Waals surface area contributed by atoms with Crippen LogP contribution in [-0.4, -0.2) is 58.5 Å². The molecule has 0 saturated carbocycles. The molecule has 0 fully saturated rings. The topological polar surface area (TPSA) is 46.2 Å². The van der Waals surface area contributed by atoms with Crippen molar-refractivity contribution in [2.45, 2.75) is 78.7 Å². The zero-order chi connectivity index (χ0) is 23.9. The van der Waals surface area contributed by atoms with Crippen molar-refractivity contribution in [1.82, 2.24) is 0 Å². The fourth-order valence-electron chi connectivity index (χ4n) is 2.38. The van der Waals surface area contributed by atoms with Gasteiger partial charge in [0.05, 0.1) is 45.2 Å². The van der Waals surface area contributed by atoms with E-state index in [1.165, 1.54) is 17.6 Å². The summed E-state index contributed by atoms with van der Waals surface area (Å²) in [5.41, 5.74) is 1.41. The lowest BCUT2D eigenvalue weighted by atomic mass is 10.1. The van der Waals surface area contributed by atoms with E-state index in [9.17, 15) is 0 Å². The normalized spacial score (nSPS) is 12.7. The van der Waals surface area contributed by atoms with Gasteiger partial charge in [0.2, 0.25) is 0 Å². The highest BCUT2D eigenvalue weighted by atomic mass is 32.2. The van der Waals surface area contributed by atoms with Gasteiger partial charge in [-0.05, 0) is 66.2 Å². The molecule has 0 aromatic rings. The zero-order valence-electron chi connectivity index (χ0n) is 21.3. The molecule has 0 aliphatic carbocycles. The van der Waals surface area contributed by atoms with Crippen LogP contribution < -0.4 is 0 Å². The van der Waals surface area contributed by atoms with Gasteiger partial charge in [-0.2, -0.15) is 0 Å². The highest BCUT2D eigenvalue weighted by Crippen LogP contribution is 2.17. The third-order valence-corrected chi connectivity index (χ3v) is 5.63. The zero-order valence-corrected chi connectivity index (χ0v) is 22.1. The Balaban J connectivity index is 3.26. The van der Waals surface area contributed by atoms with Gasteiger partial charge in [0.25, 0.3) is 0 Å². The summed E-state index contributed by atoms with van der Waals surface area (Å²) < 4.78 is 27.9. The van der Waals surface area contributed by atoms with Crippen LogP contribution in [0.25, 0.3) is 0 Å². The van der Waals surface area contributed by atoms with E-state index in [4.69, 9.17) is 23.1 Å². The van der Waals surface area contributed by atoms with E-state index >= 15 is 0 Å². The molecule has 0 aliphatic rings. The fourth-order valence-corrected chi connectivity index (χ4v) is 2.84. The van der Waals surface area contributed by atoms with Crippen molar-refractivity contribution in [3.8, 4) is 0 Å². The van der Waals surface area contributed by atoms with Crippen molar-refractivity contribution in [1.29, 1.82) is 0 Å². The van der Waals surface area contributed by atoms with Gasteiger partial charge in [-0.15, -0.1) is 0 Å². The highest BCUT2D eigenvalue weighted by molar-refractivity contribution is 7.98. The van der Waals surface area contributed by atoms with Gasteiger partial charge in [-0.3, -0.25) is 0 Å². The molecular weight excluding hydrogens is 424 g/mol. The van der Waals surface area contributed by atoms with Gasteiger partial charge in [0.15, 0.2) is 0 Å². The van der Waals surface area contributed by atoms with Crippen molar-refractivity contribution in [2.24, 2.45) is 0 Å². The number of hydrogen-bond acceptors (Lipinski definition) is 6. The molecule has 0 spiro atoms. The Morgan fingerprint density at radius 2 is 1.47 bits per heavy atom. The summed E-state index contributed by atoms with van der Waals surface area (Å²) >= 11 is 1.30. The SMILES string of the molecule is C=C(/C=C/CC/C(C)=C\C)SOCCOCCOCCOCCCCCOC(C)(C)CC. The molecule has 0 aromatic carbocycles. The van der Waals surface area contributed by atoms with E-state index in [1.54, 1.807) is 0 Å². The Bertz CT molecular complexity index is 502. The number of ether oxygens (including phenoxy) is 4. The van der Waals surface area contributed by atoms with E-state index in [1.807, 2.05) is 6.08 Å². The maximum Gasteiger partial charge on any atom is 0.0852 e. The van der Waals surface area contributed by atoms with Crippen molar-refractivity contribution < 1.29 is 23.1 Å².